The maximum Gasteiger partial charge on any atom is 0.254 e. The average molecular weight is 435 g/mol. The van der Waals surface area contributed by atoms with Crippen LogP contribution in [0.3, 0.4) is 0 Å². The maximum absolute atomic E-state index is 12.7. The fourth-order valence-electron chi connectivity index (χ4n) is 4.63. The molecular weight excluding hydrogens is 412 g/mol. The molecule has 162 valence electrons. The Morgan fingerprint density at radius 3 is 2.55 bits per heavy atom. The molecule has 33 heavy (non-hydrogen) atoms. The van der Waals surface area contributed by atoms with Gasteiger partial charge in [-0.2, -0.15) is 0 Å². The van der Waals surface area contributed by atoms with Gasteiger partial charge in [0.05, 0.1) is 17.0 Å². The Balaban J connectivity index is 1.37. The molecule has 0 spiro atoms. The van der Waals surface area contributed by atoms with Crippen LogP contribution in [-0.2, 0) is 19.5 Å². The number of hydrogen-bond acceptors (Lipinski definition) is 5. The van der Waals surface area contributed by atoms with Gasteiger partial charge < -0.3 is 9.97 Å². The first-order valence-corrected chi connectivity index (χ1v) is 11.0. The normalized spacial score (nSPS) is 13.8. The van der Waals surface area contributed by atoms with Crippen molar-refractivity contribution in [2.24, 2.45) is 0 Å². The van der Waals surface area contributed by atoms with Crippen molar-refractivity contribution < 1.29 is 0 Å². The minimum atomic E-state index is -0.0735. The molecule has 0 fully saturated rings. The number of rotatable bonds is 4. The quantitative estimate of drug-likeness (QED) is 0.447. The fourth-order valence-corrected chi connectivity index (χ4v) is 4.63. The first-order chi connectivity index (χ1) is 16.3. The van der Waals surface area contributed by atoms with Crippen LogP contribution in [0.1, 0.15) is 16.8 Å². The number of H-pyrrole nitrogens is 2. The van der Waals surface area contributed by atoms with Gasteiger partial charge in [-0.3, -0.25) is 9.69 Å². The summed E-state index contributed by atoms with van der Waals surface area (Å²) in [5.41, 5.74) is 6.93. The molecule has 6 rings (SSSR count). The van der Waals surface area contributed by atoms with Gasteiger partial charge in [-0.05, 0) is 23.6 Å². The number of aromatic amines is 2. The number of nitrogens with one attached hydrogen (secondary N) is 2. The molecule has 7 nitrogen and oxygen atoms in total. The molecule has 0 atom stereocenters. The van der Waals surface area contributed by atoms with Crippen molar-refractivity contribution in [1.29, 1.82) is 0 Å². The van der Waals surface area contributed by atoms with Crippen molar-refractivity contribution in [3.8, 4) is 22.6 Å². The summed E-state index contributed by atoms with van der Waals surface area (Å²) in [5, 5.41) is 1.23. The molecule has 1 aliphatic rings. The fraction of sp³-hybridized carbons (Fsp3) is 0.154. The zero-order valence-electron chi connectivity index (χ0n) is 18.0. The topological polar surface area (TPSA) is 90.6 Å². The van der Waals surface area contributed by atoms with Crippen molar-refractivity contribution in [1.82, 2.24) is 29.8 Å². The van der Waals surface area contributed by atoms with Gasteiger partial charge in [0.2, 0.25) is 0 Å². The van der Waals surface area contributed by atoms with Crippen molar-refractivity contribution in [2.45, 2.75) is 19.5 Å². The molecule has 0 saturated heterocycles. The summed E-state index contributed by atoms with van der Waals surface area (Å²) in [6, 6.07) is 18.8. The van der Waals surface area contributed by atoms with Crippen LogP contribution in [0.15, 0.2) is 78.1 Å². The lowest BCUT2D eigenvalue weighted by Crippen LogP contribution is -2.35. The van der Waals surface area contributed by atoms with Crippen LogP contribution >= 0.6 is 0 Å². The van der Waals surface area contributed by atoms with Crippen LogP contribution in [0.25, 0.3) is 33.5 Å². The van der Waals surface area contributed by atoms with E-state index in [1.54, 1.807) is 12.4 Å². The van der Waals surface area contributed by atoms with E-state index in [1.165, 1.54) is 22.8 Å². The highest BCUT2D eigenvalue weighted by molar-refractivity contribution is 5.90. The van der Waals surface area contributed by atoms with Gasteiger partial charge in [-0.25, -0.2) is 15.0 Å². The number of para-hydroxylation sites is 1. The molecule has 7 heteroatoms. The number of nitrogens with zero attached hydrogens (tertiary/aromatic N) is 4. The van der Waals surface area contributed by atoms with Crippen LogP contribution in [0.4, 0.5) is 0 Å². The summed E-state index contributed by atoms with van der Waals surface area (Å²) < 4.78 is 0. The van der Waals surface area contributed by atoms with Crippen molar-refractivity contribution in [3.63, 3.8) is 0 Å². The van der Waals surface area contributed by atoms with Crippen molar-refractivity contribution in [2.75, 3.05) is 6.54 Å². The van der Waals surface area contributed by atoms with Crippen LogP contribution in [0.5, 0.6) is 0 Å². The lowest BCUT2D eigenvalue weighted by molar-refractivity contribution is 0.242. The van der Waals surface area contributed by atoms with E-state index in [9.17, 15) is 4.79 Å². The second kappa shape index (κ2) is 8.11. The van der Waals surface area contributed by atoms with Gasteiger partial charge in [0, 0.05) is 48.5 Å². The van der Waals surface area contributed by atoms with Crippen LogP contribution < -0.4 is 5.56 Å². The first-order valence-electron chi connectivity index (χ1n) is 11.0. The summed E-state index contributed by atoms with van der Waals surface area (Å²) in [6.07, 6.45) is 5.46. The molecule has 0 aliphatic carbocycles. The molecule has 0 saturated carbocycles. The molecule has 2 N–H and O–H groups in total. The Morgan fingerprint density at radius 2 is 1.70 bits per heavy atom. The Kier molecular flexibility index (Phi) is 4.81. The van der Waals surface area contributed by atoms with E-state index in [-0.39, 0.29) is 5.56 Å². The smallest absolute Gasteiger partial charge is 0.254 e. The van der Waals surface area contributed by atoms with Crippen LogP contribution in [-0.4, -0.2) is 36.4 Å². The highest BCUT2D eigenvalue weighted by Crippen LogP contribution is 2.32. The summed E-state index contributed by atoms with van der Waals surface area (Å²) in [6.45, 7) is 2.19. The second-order valence-corrected chi connectivity index (χ2v) is 8.32. The van der Waals surface area contributed by atoms with Crippen molar-refractivity contribution in [3.05, 3.63) is 100 Å². The molecule has 0 bridgehead atoms. The number of benzene rings is 2. The minimum Gasteiger partial charge on any atom is -0.354 e. The van der Waals surface area contributed by atoms with Gasteiger partial charge in [-0.15, -0.1) is 0 Å². The minimum absolute atomic E-state index is 0.0735. The molecule has 0 radical (unpaired) electrons. The first kappa shape index (κ1) is 19.6. The molecule has 4 heterocycles. The van der Waals surface area contributed by atoms with E-state index in [2.05, 4.69) is 73.4 Å². The molecule has 2 aromatic carbocycles. The summed E-state index contributed by atoms with van der Waals surface area (Å²) in [4.78, 5) is 34.5. The average Bonchev–Trinajstić information content (AvgIpc) is 3.23. The van der Waals surface area contributed by atoms with Gasteiger partial charge in [0.25, 0.3) is 5.56 Å². The predicted molar refractivity (Wildman–Crippen MR) is 127 cm³/mol. The third kappa shape index (κ3) is 3.62. The van der Waals surface area contributed by atoms with E-state index >= 15 is 0 Å². The standard InChI is InChI=1S/C26H22N6O/c33-26-20-10-11-32(15-23(20)30-25(31-26)18-12-27-16-28-13-18)14-21-19-8-4-5-9-22(19)29-24(21)17-6-2-1-3-7-17/h1-9,12-13,16,29H,10-11,14-15H2,(H,30,31,33). The third-order valence-corrected chi connectivity index (χ3v) is 6.24. The van der Waals surface area contributed by atoms with Gasteiger partial charge >= 0.3 is 0 Å². The Hall–Kier alpha value is -4.10. The number of aromatic nitrogens is 5. The lowest BCUT2D eigenvalue weighted by Gasteiger charge is -2.28. The second-order valence-electron chi connectivity index (χ2n) is 8.32. The summed E-state index contributed by atoms with van der Waals surface area (Å²) in [5.74, 6) is 0.512. The highest BCUT2D eigenvalue weighted by atomic mass is 16.1. The maximum atomic E-state index is 12.7. The van der Waals surface area contributed by atoms with Crippen LogP contribution in [0, 0.1) is 0 Å². The molecule has 0 amide bonds. The van der Waals surface area contributed by atoms with Gasteiger partial charge in [0.15, 0.2) is 0 Å². The Bertz CT molecular complexity index is 1490. The number of hydrogen-bond donors (Lipinski definition) is 2. The van der Waals surface area contributed by atoms with Crippen LogP contribution in [0.2, 0.25) is 0 Å². The predicted octanol–water partition coefficient (Wildman–Crippen LogP) is 3.93. The highest BCUT2D eigenvalue weighted by Gasteiger charge is 2.24. The lowest BCUT2D eigenvalue weighted by atomic mass is 10.0. The molecule has 1 aliphatic heterocycles. The molecule has 0 unspecified atom stereocenters. The summed E-state index contributed by atoms with van der Waals surface area (Å²) in [7, 11) is 0. The largest absolute Gasteiger partial charge is 0.354 e. The van der Waals surface area contributed by atoms with Gasteiger partial charge in [0.1, 0.15) is 12.2 Å². The van der Waals surface area contributed by atoms with E-state index in [0.29, 0.717) is 24.4 Å². The van der Waals surface area contributed by atoms with E-state index in [4.69, 9.17) is 4.98 Å². The van der Waals surface area contributed by atoms with Crippen molar-refractivity contribution >= 4 is 10.9 Å². The Labute approximate surface area is 190 Å². The molecule has 3 aromatic heterocycles. The van der Waals surface area contributed by atoms with Gasteiger partial charge in [-0.1, -0.05) is 48.5 Å². The zero-order chi connectivity index (χ0) is 22.2. The molecular formula is C26H22N6O. The molecule has 5 aromatic rings. The SMILES string of the molecule is O=c1[nH]c(-c2cncnc2)nc2c1CCN(Cc1c(-c3ccccc3)[nH]c3ccccc13)C2. The summed E-state index contributed by atoms with van der Waals surface area (Å²) >= 11 is 0. The Morgan fingerprint density at radius 1 is 0.909 bits per heavy atom. The van der Waals surface area contributed by atoms with E-state index < -0.39 is 0 Å². The van der Waals surface area contributed by atoms with E-state index in [1.807, 2.05) is 6.07 Å². The monoisotopic (exact) mass is 434 g/mol. The zero-order valence-corrected chi connectivity index (χ0v) is 18.0. The third-order valence-electron chi connectivity index (χ3n) is 6.24. The van der Waals surface area contributed by atoms with E-state index in [0.717, 1.165) is 35.6 Å². The number of fused-ring (bicyclic) bond motifs is 2.